The Morgan fingerprint density at radius 2 is 1.76 bits per heavy atom. The molecule has 0 aliphatic heterocycles. The van der Waals surface area contributed by atoms with Crippen LogP contribution in [0.4, 0.5) is 8.78 Å². The van der Waals surface area contributed by atoms with E-state index in [1.165, 1.54) is 17.4 Å². The lowest BCUT2D eigenvalue weighted by molar-refractivity contribution is 0.104. The van der Waals surface area contributed by atoms with Crippen LogP contribution >= 0.6 is 11.3 Å². The van der Waals surface area contributed by atoms with E-state index in [4.69, 9.17) is 0 Å². The number of carbonyl (C=O) groups is 1. The molecule has 5 heteroatoms. The van der Waals surface area contributed by atoms with Crippen molar-refractivity contribution in [3.8, 4) is 0 Å². The average Bonchev–Trinajstić information content (AvgIpc) is 2.90. The predicted octanol–water partition coefficient (Wildman–Crippen LogP) is 4.47. The first-order valence-corrected chi connectivity index (χ1v) is 6.99. The fourth-order valence-electron chi connectivity index (χ4n) is 1.88. The topological polar surface area (TPSA) is 30.0 Å². The molecule has 2 aromatic carbocycles. The number of para-hydroxylation sites is 1. The number of hydrogen-bond acceptors (Lipinski definition) is 3. The van der Waals surface area contributed by atoms with Crippen LogP contribution in [0.15, 0.2) is 48.5 Å². The zero-order chi connectivity index (χ0) is 14.8. The Balaban J connectivity index is 1.90. The van der Waals surface area contributed by atoms with Gasteiger partial charge in [-0.05, 0) is 36.4 Å². The monoisotopic (exact) mass is 301 g/mol. The Morgan fingerprint density at radius 1 is 1.05 bits per heavy atom. The largest absolute Gasteiger partial charge is 0.287 e. The molecule has 21 heavy (non-hydrogen) atoms. The lowest BCUT2D eigenvalue weighted by atomic mass is 10.1. The van der Waals surface area contributed by atoms with Crippen LogP contribution in [0, 0.1) is 11.6 Å². The molecule has 3 rings (SSSR count). The van der Waals surface area contributed by atoms with E-state index in [0.717, 1.165) is 34.5 Å². The van der Waals surface area contributed by atoms with E-state index in [-0.39, 0.29) is 11.3 Å². The molecule has 0 fully saturated rings. The zero-order valence-corrected chi connectivity index (χ0v) is 11.5. The van der Waals surface area contributed by atoms with E-state index in [0.29, 0.717) is 5.01 Å². The van der Waals surface area contributed by atoms with Crippen LogP contribution in [0.25, 0.3) is 16.3 Å². The van der Waals surface area contributed by atoms with Gasteiger partial charge in [-0.1, -0.05) is 18.2 Å². The van der Waals surface area contributed by atoms with Gasteiger partial charge in [0.1, 0.15) is 11.6 Å². The van der Waals surface area contributed by atoms with Gasteiger partial charge >= 0.3 is 0 Å². The van der Waals surface area contributed by atoms with Gasteiger partial charge in [-0.25, -0.2) is 13.8 Å². The normalized spacial score (nSPS) is 11.3. The van der Waals surface area contributed by atoms with Crippen LogP contribution < -0.4 is 0 Å². The van der Waals surface area contributed by atoms with E-state index in [2.05, 4.69) is 4.98 Å². The number of rotatable bonds is 3. The minimum absolute atomic E-state index is 0.230. The summed E-state index contributed by atoms with van der Waals surface area (Å²) in [4.78, 5) is 16.2. The number of benzene rings is 2. The highest BCUT2D eigenvalue weighted by Crippen LogP contribution is 2.22. The van der Waals surface area contributed by atoms with E-state index >= 15 is 0 Å². The van der Waals surface area contributed by atoms with E-state index < -0.39 is 11.6 Å². The molecule has 0 amide bonds. The molecule has 0 spiro atoms. The fraction of sp³-hybridized carbons (Fsp3) is 0. The molecule has 2 nitrogen and oxygen atoms in total. The number of nitrogens with zero attached hydrogens (tertiary/aromatic N) is 1. The van der Waals surface area contributed by atoms with E-state index in [1.807, 2.05) is 24.3 Å². The van der Waals surface area contributed by atoms with Crippen molar-refractivity contribution in [3.63, 3.8) is 0 Å². The number of aromatic nitrogens is 1. The third-order valence-electron chi connectivity index (χ3n) is 2.91. The van der Waals surface area contributed by atoms with Crippen molar-refractivity contribution in [2.24, 2.45) is 0 Å². The lowest BCUT2D eigenvalue weighted by Crippen LogP contribution is -1.94. The van der Waals surface area contributed by atoms with Crippen molar-refractivity contribution in [3.05, 3.63) is 70.7 Å². The quantitative estimate of drug-likeness (QED) is 0.527. The molecule has 1 heterocycles. The Labute approximate surface area is 123 Å². The maximum absolute atomic E-state index is 13.5. The number of hydrogen-bond donors (Lipinski definition) is 0. The van der Waals surface area contributed by atoms with Crippen molar-refractivity contribution < 1.29 is 13.6 Å². The molecule has 1 aromatic heterocycles. The zero-order valence-electron chi connectivity index (χ0n) is 10.7. The summed E-state index contributed by atoms with van der Waals surface area (Å²) < 4.78 is 27.8. The molecule has 3 aromatic rings. The van der Waals surface area contributed by atoms with Gasteiger partial charge in [-0.2, -0.15) is 0 Å². The van der Waals surface area contributed by atoms with Crippen molar-refractivity contribution in [2.75, 3.05) is 0 Å². The van der Waals surface area contributed by atoms with Crippen LogP contribution in [-0.2, 0) is 0 Å². The molecular weight excluding hydrogens is 292 g/mol. The van der Waals surface area contributed by atoms with Crippen LogP contribution in [0.5, 0.6) is 0 Å². The Hall–Kier alpha value is -2.40. The molecule has 0 aliphatic carbocycles. The fourth-order valence-corrected chi connectivity index (χ4v) is 2.76. The second-order valence-electron chi connectivity index (χ2n) is 4.32. The van der Waals surface area contributed by atoms with Crippen molar-refractivity contribution in [1.29, 1.82) is 0 Å². The molecule has 0 bridgehead atoms. The van der Waals surface area contributed by atoms with Crippen LogP contribution in [0.3, 0.4) is 0 Å². The van der Waals surface area contributed by atoms with Crippen molar-refractivity contribution >= 4 is 33.4 Å². The minimum atomic E-state index is -0.705. The molecule has 104 valence electrons. The smallest absolute Gasteiger partial charge is 0.214 e. The second-order valence-corrected chi connectivity index (χ2v) is 5.35. The third kappa shape index (κ3) is 2.73. The van der Waals surface area contributed by atoms with Gasteiger partial charge in [0.25, 0.3) is 0 Å². The first kappa shape index (κ1) is 13.6. The SMILES string of the molecule is O=C(C=Cc1c(F)cccc1F)c1nc2ccccc2s1. The van der Waals surface area contributed by atoms with Gasteiger partial charge in [0, 0.05) is 5.56 Å². The maximum Gasteiger partial charge on any atom is 0.214 e. The summed E-state index contributed by atoms with van der Waals surface area (Å²) >= 11 is 1.25. The third-order valence-corrected chi connectivity index (χ3v) is 3.96. The van der Waals surface area contributed by atoms with Crippen LogP contribution in [0.2, 0.25) is 0 Å². The van der Waals surface area contributed by atoms with Gasteiger partial charge in [0.2, 0.25) is 5.78 Å². The van der Waals surface area contributed by atoms with Gasteiger partial charge in [-0.15, -0.1) is 11.3 Å². The summed E-state index contributed by atoms with van der Waals surface area (Å²) in [7, 11) is 0. The number of carbonyl (C=O) groups excluding carboxylic acids is 1. The molecule has 0 atom stereocenters. The number of thiazole rings is 1. The highest BCUT2D eigenvalue weighted by Gasteiger charge is 2.10. The van der Waals surface area contributed by atoms with E-state index in [9.17, 15) is 13.6 Å². The lowest BCUT2D eigenvalue weighted by Gasteiger charge is -1.97. The molecule has 0 N–H and O–H groups in total. The summed E-state index contributed by atoms with van der Waals surface area (Å²) in [5, 5.41) is 0.296. The Kier molecular flexibility index (Phi) is 3.58. The summed E-state index contributed by atoms with van der Waals surface area (Å²) in [6, 6.07) is 10.9. The van der Waals surface area contributed by atoms with Crippen LogP contribution in [0.1, 0.15) is 15.4 Å². The Bertz CT molecular complexity index is 801. The molecule has 0 aliphatic rings. The summed E-state index contributed by atoms with van der Waals surface area (Å²) in [5.41, 5.74) is 0.503. The van der Waals surface area contributed by atoms with Gasteiger partial charge in [-0.3, -0.25) is 4.79 Å². The van der Waals surface area contributed by atoms with E-state index in [1.54, 1.807) is 0 Å². The molecule has 0 radical (unpaired) electrons. The van der Waals surface area contributed by atoms with Crippen molar-refractivity contribution in [2.45, 2.75) is 0 Å². The van der Waals surface area contributed by atoms with Gasteiger partial charge < -0.3 is 0 Å². The van der Waals surface area contributed by atoms with Crippen molar-refractivity contribution in [1.82, 2.24) is 4.98 Å². The highest BCUT2D eigenvalue weighted by atomic mass is 32.1. The highest BCUT2D eigenvalue weighted by molar-refractivity contribution is 7.20. The number of fused-ring (bicyclic) bond motifs is 1. The molecule has 0 saturated carbocycles. The average molecular weight is 301 g/mol. The summed E-state index contributed by atoms with van der Waals surface area (Å²) in [6.45, 7) is 0. The number of halogens is 2. The number of ketones is 1. The molecule has 0 unspecified atom stereocenters. The first-order chi connectivity index (χ1) is 10.1. The number of allylic oxidation sites excluding steroid dienone is 1. The summed E-state index contributed by atoms with van der Waals surface area (Å²) in [6.07, 6.45) is 2.28. The molecular formula is C16H9F2NOS. The first-order valence-electron chi connectivity index (χ1n) is 6.17. The van der Waals surface area contributed by atoms with Gasteiger partial charge in [0.15, 0.2) is 5.01 Å². The molecule has 0 saturated heterocycles. The standard InChI is InChI=1S/C16H9F2NOS/c17-11-4-3-5-12(18)10(11)8-9-14(20)16-19-13-6-1-2-7-15(13)21-16/h1-9H. The van der Waals surface area contributed by atoms with Gasteiger partial charge in [0.05, 0.1) is 10.2 Å². The predicted molar refractivity (Wildman–Crippen MR) is 79.3 cm³/mol. The maximum atomic E-state index is 13.5. The second kappa shape index (κ2) is 5.54. The minimum Gasteiger partial charge on any atom is -0.287 e. The Morgan fingerprint density at radius 3 is 2.48 bits per heavy atom. The summed E-state index contributed by atoms with van der Waals surface area (Å²) in [5.74, 6) is -1.79. The van der Waals surface area contributed by atoms with Crippen LogP contribution in [-0.4, -0.2) is 10.8 Å².